The third-order valence-electron chi connectivity index (χ3n) is 4.16. The van der Waals surface area contributed by atoms with Crippen LogP contribution in [0.5, 0.6) is 5.75 Å². The maximum atomic E-state index is 12.7. The number of esters is 1. The number of carbonyl (C=O) groups excluding carboxylic acids is 2. The van der Waals surface area contributed by atoms with Crippen molar-refractivity contribution in [1.82, 2.24) is 0 Å². The average molecular weight is 390 g/mol. The summed E-state index contributed by atoms with van der Waals surface area (Å²) >= 11 is 6.03. The minimum absolute atomic E-state index is 0.283. The topological polar surface area (TPSA) is 64.6 Å². The van der Waals surface area contributed by atoms with Crippen LogP contribution in [0, 0.1) is 13.8 Å². The maximum absolute atomic E-state index is 12.7. The van der Waals surface area contributed by atoms with Crippen LogP contribution in [0.15, 0.2) is 36.4 Å². The van der Waals surface area contributed by atoms with Crippen LogP contribution in [0.4, 0.5) is 5.69 Å². The zero-order valence-corrected chi connectivity index (χ0v) is 16.7. The first kappa shape index (κ1) is 20.8. The van der Waals surface area contributed by atoms with Gasteiger partial charge in [0.25, 0.3) is 5.91 Å². The van der Waals surface area contributed by atoms with Crippen molar-refractivity contribution >= 4 is 29.2 Å². The molecule has 0 aliphatic rings. The van der Waals surface area contributed by atoms with E-state index in [-0.39, 0.29) is 5.91 Å². The molecule has 0 aromatic heterocycles. The van der Waals surface area contributed by atoms with Crippen molar-refractivity contribution in [2.75, 3.05) is 11.9 Å². The van der Waals surface area contributed by atoms with Crippen LogP contribution >= 0.6 is 11.6 Å². The quantitative estimate of drug-likeness (QED) is 0.682. The Bertz CT molecular complexity index is 835. The largest absolute Gasteiger partial charge is 0.481 e. The van der Waals surface area contributed by atoms with Gasteiger partial charge in [-0.25, -0.2) is 4.79 Å². The first-order valence-corrected chi connectivity index (χ1v) is 9.25. The van der Waals surface area contributed by atoms with Crippen molar-refractivity contribution in [3.05, 3.63) is 58.1 Å². The minimum Gasteiger partial charge on any atom is -0.481 e. The lowest BCUT2D eigenvalue weighted by molar-refractivity contribution is -0.122. The molecular formula is C21H24ClNO4. The predicted octanol–water partition coefficient (Wildman–Crippen LogP) is 4.93. The number of nitrogens with one attached hydrogen (secondary N) is 1. The fraction of sp³-hybridized carbons (Fsp3) is 0.333. The summed E-state index contributed by atoms with van der Waals surface area (Å²) in [6.07, 6.45) is -0.180. The number of aryl methyl sites for hydroxylation is 1. The van der Waals surface area contributed by atoms with E-state index in [1.165, 1.54) is 0 Å². The van der Waals surface area contributed by atoms with E-state index in [9.17, 15) is 9.59 Å². The van der Waals surface area contributed by atoms with Crippen molar-refractivity contribution in [3.8, 4) is 5.75 Å². The first-order chi connectivity index (χ1) is 12.9. The SMILES string of the molecule is CCOC(=O)c1cccc(NC(=O)C(CC)Oc2ccc(Cl)c(C)c2)c1C. The summed E-state index contributed by atoms with van der Waals surface area (Å²) in [6, 6.07) is 10.4. The van der Waals surface area contributed by atoms with E-state index < -0.39 is 12.1 Å². The second-order valence-corrected chi connectivity index (χ2v) is 6.52. The lowest BCUT2D eigenvalue weighted by atomic mass is 10.1. The highest BCUT2D eigenvalue weighted by molar-refractivity contribution is 6.31. The lowest BCUT2D eigenvalue weighted by Gasteiger charge is -2.19. The van der Waals surface area contributed by atoms with Gasteiger partial charge in [0.1, 0.15) is 5.75 Å². The highest BCUT2D eigenvalue weighted by Gasteiger charge is 2.21. The number of ether oxygens (including phenoxy) is 2. The molecule has 27 heavy (non-hydrogen) atoms. The zero-order chi connectivity index (χ0) is 20.0. The summed E-state index contributed by atoms with van der Waals surface area (Å²) in [7, 11) is 0. The summed E-state index contributed by atoms with van der Waals surface area (Å²) in [4.78, 5) is 24.7. The molecule has 0 saturated carbocycles. The Morgan fingerprint density at radius 3 is 2.52 bits per heavy atom. The van der Waals surface area contributed by atoms with E-state index in [1.54, 1.807) is 50.2 Å². The fourth-order valence-corrected chi connectivity index (χ4v) is 2.71. The van der Waals surface area contributed by atoms with Gasteiger partial charge >= 0.3 is 5.97 Å². The molecule has 0 fully saturated rings. The molecule has 1 unspecified atom stereocenters. The third-order valence-corrected chi connectivity index (χ3v) is 4.58. The minimum atomic E-state index is -0.670. The molecule has 0 spiro atoms. The molecule has 2 aromatic carbocycles. The summed E-state index contributed by atoms with van der Waals surface area (Å²) < 4.78 is 10.9. The number of carbonyl (C=O) groups is 2. The van der Waals surface area contributed by atoms with Crippen LogP contribution < -0.4 is 10.1 Å². The van der Waals surface area contributed by atoms with E-state index >= 15 is 0 Å². The summed E-state index contributed by atoms with van der Waals surface area (Å²) in [5.74, 6) is -0.115. The molecule has 6 heteroatoms. The lowest BCUT2D eigenvalue weighted by Crippen LogP contribution is -2.32. The molecule has 0 saturated heterocycles. The highest BCUT2D eigenvalue weighted by atomic mass is 35.5. The normalized spacial score (nSPS) is 11.6. The molecule has 0 aliphatic heterocycles. The molecular weight excluding hydrogens is 366 g/mol. The number of rotatable bonds is 7. The Hall–Kier alpha value is -2.53. The number of anilines is 1. The molecule has 0 radical (unpaired) electrons. The van der Waals surface area contributed by atoms with Crippen LogP contribution in [0.25, 0.3) is 0 Å². The van der Waals surface area contributed by atoms with Crippen LogP contribution in [-0.4, -0.2) is 24.6 Å². The van der Waals surface area contributed by atoms with Crippen molar-refractivity contribution in [3.63, 3.8) is 0 Å². The van der Waals surface area contributed by atoms with E-state index in [0.29, 0.717) is 40.6 Å². The van der Waals surface area contributed by atoms with E-state index in [1.807, 2.05) is 13.8 Å². The Morgan fingerprint density at radius 1 is 1.15 bits per heavy atom. The van der Waals surface area contributed by atoms with Gasteiger partial charge in [0.05, 0.1) is 12.2 Å². The van der Waals surface area contributed by atoms with Crippen molar-refractivity contribution in [2.24, 2.45) is 0 Å². The van der Waals surface area contributed by atoms with Gasteiger partial charge in [0.15, 0.2) is 6.10 Å². The van der Waals surface area contributed by atoms with Crippen LogP contribution in [0.1, 0.15) is 41.8 Å². The number of hydrogen-bond donors (Lipinski definition) is 1. The molecule has 2 aromatic rings. The molecule has 144 valence electrons. The molecule has 2 rings (SSSR count). The van der Waals surface area contributed by atoms with Crippen molar-refractivity contribution in [1.29, 1.82) is 0 Å². The maximum Gasteiger partial charge on any atom is 0.338 e. The predicted molar refractivity (Wildman–Crippen MR) is 107 cm³/mol. The molecule has 1 amide bonds. The van der Waals surface area contributed by atoms with Gasteiger partial charge in [-0.2, -0.15) is 0 Å². The van der Waals surface area contributed by atoms with Gasteiger partial charge in [0, 0.05) is 10.7 Å². The van der Waals surface area contributed by atoms with Gasteiger partial charge < -0.3 is 14.8 Å². The monoisotopic (exact) mass is 389 g/mol. The molecule has 5 nitrogen and oxygen atoms in total. The summed E-state index contributed by atoms with van der Waals surface area (Å²) in [6.45, 7) is 7.56. The van der Waals surface area contributed by atoms with Gasteiger partial charge in [-0.15, -0.1) is 0 Å². The number of benzene rings is 2. The third kappa shape index (κ3) is 5.23. The average Bonchev–Trinajstić information content (AvgIpc) is 2.64. The van der Waals surface area contributed by atoms with E-state index in [0.717, 1.165) is 5.56 Å². The Morgan fingerprint density at radius 2 is 1.89 bits per heavy atom. The van der Waals surface area contributed by atoms with Gasteiger partial charge in [-0.3, -0.25) is 4.79 Å². The second kappa shape index (κ2) is 9.42. The van der Waals surface area contributed by atoms with Crippen LogP contribution in [0.3, 0.4) is 0 Å². The Balaban J connectivity index is 2.15. The molecule has 0 aliphatic carbocycles. The number of hydrogen-bond acceptors (Lipinski definition) is 4. The second-order valence-electron chi connectivity index (χ2n) is 6.11. The number of halogens is 1. The zero-order valence-electron chi connectivity index (χ0n) is 16.0. The molecule has 1 N–H and O–H groups in total. The number of amides is 1. The van der Waals surface area contributed by atoms with E-state index in [4.69, 9.17) is 21.1 Å². The highest BCUT2D eigenvalue weighted by Crippen LogP contribution is 2.24. The van der Waals surface area contributed by atoms with Crippen LogP contribution in [-0.2, 0) is 9.53 Å². The molecule has 0 heterocycles. The standard InChI is InChI=1S/C21H24ClNO4/c1-5-19(27-15-10-11-17(22)13(3)12-15)20(24)23-18-9-7-8-16(14(18)4)21(25)26-6-2/h7-12,19H,5-6H2,1-4H3,(H,23,24). The van der Waals surface area contributed by atoms with E-state index in [2.05, 4.69) is 5.32 Å². The Kier molecular flexibility index (Phi) is 7.25. The Labute approximate surface area is 164 Å². The molecule has 0 bridgehead atoms. The smallest absolute Gasteiger partial charge is 0.338 e. The van der Waals surface area contributed by atoms with Gasteiger partial charge in [-0.1, -0.05) is 24.6 Å². The van der Waals surface area contributed by atoms with Gasteiger partial charge in [0.2, 0.25) is 0 Å². The van der Waals surface area contributed by atoms with Crippen LogP contribution in [0.2, 0.25) is 5.02 Å². The van der Waals surface area contributed by atoms with Crippen molar-refractivity contribution in [2.45, 2.75) is 40.2 Å². The summed E-state index contributed by atoms with van der Waals surface area (Å²) in [5.41, 5.74) is 2.51. The fourth-order valence-electron chi connectivity index (χ4n) is 2.59. The first-order valence-electron chi connectivity index (χ1n) is 8.87. The molecule has 1 atom stereocenters. The van der Waals surface area contributed by atoms with Gasteiger partial charge in [-0.05, 0) is 68.7 Å². The summed E-state index contributed by atoms with van der Waals surface area (Å²) in [5, 5.41) is 3.49. The van der Waals surface area contributed by atoms with Crippen molar-refractivity contribution < 1.29 is 19.1 Å².